The number of anilines is 2. The van der Waals surface area contributed by atoms with Crippen LogP contribution in [0, 0.1) is 0 Å². The lowest BCUT2D eigenvalue weighted by atomic mass is 10.1. The number of hydrogen-bond donors (Lipinski definition) is 2. The Bertz CT molecular complexity index is 916. The Kier molecular flexibility index (Phi) is 3.06. The molecule has 3 N–H and O–H groups in total. The fraction of sp³-hybridized carbons (Fsp3) is 0.0714. The molecule has 0 bridgehead atoms. The average molecular weight is 302 g/mol. The van der Waals surface area contributed by atoms with Crippen LogP contribution in [-0.2, 0) is 17.1 Å². The number of nitrogens with two attached hydrogens (primary N) is 1. The van der Waals surface area contributed by atoms with Crippen molar-refractivity contribution in [3.8, 4) is 0 Å². The molecular weight excluding hydrogens is 288 g/mol. The predicted molar refractivity (Wildman–Crippen MR) is 82.4 cm³/mol. The van der Waals surface area contributed by atoms with Crippen molar-refractivity contribution in [1.82, 2.24) is 9.78 Å². The third kappa shape index (κ3) is 2.43. The van der Waals surface area contributed by atoms with Crippen molar-refractivity contribution in [2.75, 3.05) is 10.5 Å². The average Bonchev–Trinajstić information content (AvgIpc) is 2.83. The summed E-state index contributed by atoms with van der Waals surface area (Å²) in [6, 6.07) is 11.8. The highest BCUT2D eigenvalue weighted by atomic mass is 32.2. The molecule has 0 saturated heterocycles. The monoisotopic (exact) mass is 302 g/mol. The van der Waals surface area contributed by atoms with E-state index < -0.39 is 10.0 Å². The summed E-state index contributed by atoms with van der Waals surface area (Å²) in [6.45, 7) is 0. The molecule has 0 aliphatic heterocycles. The SMILES string of the molecule is Cn1ccc(NS(=O)(=O)c2ccc(N)c3ccccc23)n1. The van der Waals surface area contributed by atoms with Gasteiger partial charge in [-0.2, -0.15) is 5.10 Å². The number of rotatable bonds is 3. The van der Waals surface area contributed by atoms with Gasteiger partial charge in [0.15, 0.2) is 5.82 Å². The maximum absolute atomic E-state index is 12.5. The summed E-state index contributed by atoms with van der Waals surface area (Å²) in [5.41, 5.74) is 6.44. The van der Waals surface area contributed by atoms with Crippen LogP contribution in [0.4, 0.5) is 11.5 Å². The number of fused-ring (bicyclic) bond motifs is 1. The first kappa shape index (κ1) is 13.4. The van der Waals surface area contributed by atoms with E-state index in [1.54, 1.807) is 43.6 Å². The van der Waals surface area contributed by atoms with E-state index in [4.69, 9.17) is 5.73 Å². The fourth-order valence-electron chi connectivity index (χ4n) is 2.19. The second-order valence-corrected chi connectivity index (χ2v) is 6.33. The van der Waals surface area contributed by atoms with Crippen molar-refractivity contribution in [3.63, 3.8) is 0 Å². The Balaban J connectivity index is 2.13. The summed E-state index contributed by atoms with van der Waals surface area (Å²) < 4.78 is 29.1. The Morgan fingerprint density at radius 3 is 2.48 bits per heavy atom. The number of sulfonamides is 1. The first-order chi connectivity index (χ1) is 9.97. The Hall–Kier alpha value is -2.54. The quantitative estimate of drug-likeness (QED) is 0.724. The molecule has 0 unspecified atom stereocenters. The summed E-state index contributed by atoms with van der Waals surface area (Å²) in [4.78, 5) is 0.179. The van der Waals surface area contributed by atoms with Gasteiger partial charge in [0.25, 0.3) is 10.0 Å². The zero-order chi connectivity index (χ0) is 15.0. The minimum Gasteiger partial charge on any atom is -0.398 e. The van der Waals surface area contributed by atoms with Crippen LogP contribution in [-0.4, -0.2) is 18.2 Å². The number of nitrogens with zero attached hydrogens (tertiary/aromatic N) is 2. The summed E-state index contributed by atoms with van der Waals surface area (Å²) in [5.74, 6) is 0.276. The van der Waals surface area contributed by atoms with E-state index in [1.807, 2.05) is 6.07 Å². The molecule has 6 nitrogen and oxygen atoms in total. The minimum atomic E-state index is -3.72. The highest BCUT2D eigenvalue weighted by Gasteiger charge is 2.19. The topological polar surface area (TPSA) is 90.0 Å². The minimum absolute atomic E-state index is 0.179. The molecule has 3 rings (SSSR count). The van der Waals surface area contributed by atoms with Crippen LogP contribution in [0.5, 0.6) is 0 Å². The second kappa shape index (κ2) is 4.78. The van der Waals surface area contributed by atoms with Crippen LogP contribution in [0.25, 0.3) is 10.8 Å². The number of nitrogens with one attached hydrogen (secondary N) is 1. The molecule has 7 heteroatoms. The zero-order valence-electron chi connectivity index (χ0n) is 11.3. The molecule has 108 valence electrons. The summed E-state index contributed by atoms with van der Waals surface area (Å²) >= 11 is 0. The summed E-state index contributed by atoms with van der Waals surface area (Å²) in [6.07, 6.45) is 1.67. The van der Waals surface area contributed by atoms with Crippen LogP contribution in [0.3, 0.4) is 0 Å². The highest BCUT2D eigenvalue weighted by Crippen LogP contribution is 2.28. The van der Waals surface area contributed by atoms with Crippen LogP contribution < -0.4 is 10.5 Å². The second-order valence-electron chi connectivity index (χ2n) is 4.68. The van der Waals surface area contributed by atoms with Gasteiger partial charge in [-0.3, -0.25) is 9.40 Å². The molecule has 3 aromatic rings. The third-order valence-corrected chi connectivity index (χ3v) is 4.57. The first-order valence-electron chi connectivity index (χ1n) is 6.27. The molecule has 2 aromatic carbocycles. The van der Waals surface area contributed by atoms with E-state index in [1.165, 1.54) is 10.7 Å². The molecule has 1 aromatic heterocycles. The van der Waals surface area contributed by atoms with E-state index in [0.29, 0.717) is 16.5 Å². The Morgan fingerprint density at radius 2 is 1.81 bits per heavy atom. The lowest BCUT2D eigenvalue weighted by molar-refractivity contribution is 0.601. The van der Waals surface area contributed by atoms with E-state index in [-0.39, 0.29) is 10.7 Å². The van der Waals surface area contributed by atoms with Crippen LogP contribution in [0.1, 0.15) is 0 Å². The molecule has 21 heavy (non-hydrogen) atoms. The van der Waals surface area contributed by atoms with Gasteiger partial charge in [0.2, 0.25) is 0 Å². The van der Waals surface area contributed by atoms with Crippen molar-refractivity contribution >= 4 is 32.3 Å². The molecular formula is C14H14N4O2S. The van der Waals surface area contributed by atoms with Crippen LogP contribution in [0.15, 0.2) is 53.6 Å². The lowest BCUT2D eigenvalue weighted by Crippen LogP contribution is -2.14. The largest absolute Gasteiger partial charge is 0.398 e. The van der Waals surface area contributed by atoms with Crippen LogP contribution >= 0.6 is 0 Å². The number of hydrogen-bond acceptors (Lipinski definition) is 4. The molecule has 0 aliphatic carbocycles. The molecule has 0 fully saturated rings. The Labute approximate surface area is 122 Å². The van der Waals surface area contributed by atoms with Gasteiger partial charge in [-0.1, -0.05) is 24.3 Å². The summed E-state index contributed by atoms with van der Waals surface area (Å²) in [7, 11) is -2.01. The van der Waals surface area contributed by atoms with E-state index in [0.717, 1.165) is 0 Å². The maximum Gasteiger partial charge on any atom is 0.263 e. The standard InChI is InChI=1S/C14H14N4O2S/c1-18-9-8-14(16-18)17-21(19,20)13-7-6-12(15)10-4-2-3-5-11(10)13/h2-9H,15H2,1H3,(H,16,17). The molecule has 0 atom stereocenters. The third-order valence-electron chi connectivity index (χ3n) is 3.16. The normalized spacial score (nSPS) is 11.7. The van der Waals surface area contributed by atoms with Gasteiger partial charge in [0.1, 0.15) is 0 Å². The van der Waals surface area contributed by atoms with Crippen LogP contribution in [0.2, 0.25) is 0 Å². The zero-order valence-corrected chi connectivity index (χ0v) is 12.1. The molecule has 0 aliphatic rings. The summed E-state index contributed by atoms with van der Waals surface area (Å²) in [5, 5.41) is 5.31. The fourth-order valence-corrected chi connectivity index (χ4v) is 3.40. The van der Waals surface area contributed by atoms with Gasteiger partial charge in [0, 0.05) is 35.8 Å². The number of aromatic nitrogens is 2. The maximum atomic E-state index is 12.5. The molecule has 0 amide bonds. The molecule has 0 saturated carbocycles. The Morgan fingerprint density at radius 1 is 1.10 bits per heavy atom. The van der Waals surface area contributed by atoms with E-state index in [2.05, 4.69) is 9.82 Å². The van der Waals surface area contributed by atoms with Gasteiger partial charge >= 0.3 is 0 Å². The lowest BCUT2D eigenvalue weighted by Gasteiger charge is -2.10. The van der Waals surface area contributed by atoms with Gasteiger partial charge in [-0.05, 0) is 12.1 Å². The number of nitrogen functional groups attached to an aromatic ring is 1. The van der Waals surface area contributed by atoms with Gasteiger partial charge < -0.3 is 5.73 Å². The van der Waals surface area contributed by atoms with E-state index >= 15 is 0 Å². The number of benzene rings is 2. The van der Waals surface area contributed by atoms with Crippen molar-refractivity contribution in [2.45, 2.75) is 4.90 Å². The first-order valence-corrected chi connectivity index (χ1v) is 7.75. The van der Waals surface area contributed by atoms with Crippen molar-refractivity contribution in [2.24, 2.45) is 7.05 Å². The predicted octanol–water partition coefficient (Wildman–Crippen LogP) is 1.96. The van der Waals surface area contributed by atoms with Gasteiger partial charge in [0.05, 0.1) is 4.90 Å². The van der Waals surface area contributed by atoms with E-state index in [9.17, 15) is 8.42 Å². The number of aryl methyl sites for hydroxylation is 1. The van der Waals surface area contributed by atoms with Crippen molar-refractivity contribution in [1.29, 1.82) is 0 Å². The van der Waals surface area contributed by atoms with Crippen molar-refractivity contribution in [3.05, 3.63) is 48.7 Å². The molecule has 0 radical (unpaired) electrons. The smallest absolute Gasteiger partial charge is 0.263 e. The molecule has 1 heterocycles. The highest BCUT2D eigenvalue weighted by molar-refractivity contribution is 7.93. The van der Waals surface area contributed by atoms with Gasteiger partial charge in [-0.15, -0.1) is 0 Å². The van der Waals surface area contributed by atoms with Crippen molar-refractivity contribution < 1.29 is 8.42 Å². The van der Waals surface area contributed by atoms with Gasteiger partial charge in [-0.25, -0.2) is 8.42 Å². The molecule has 0 spiro atoms.